The van der Waals surface area contributed by atoms with Crippen molar-refractivity contribution in [3.8, 4) is 0 Å². The Bertz CT molecular complexity index is 367. The smallest absolute Gasteiger partial charge is 0.307 e. The monoisotopic (exact) mass is 238 g/mol. The van der Waals surface area contributed by atoms with E-state index in [1.807, 2.05) is 5.38 Å². The highest BCUT2D eigenvalue weighted by Gasteiger charge is 2.39. The molecule has 0 amide bonds. The molecule has 1 fully saturated rings. The van der Waals surface area contributed by atoms with E-state index in [4.69, 9.17) is 0 Å². The summed E-state index contributed by atoms with van der Waals surface area (Å²) in [6.45, 7) is 4.48. The Kier molecular flexibility index (Phi) is 3.06. The summed E-state index contributed by atoms with van der Waals surface area (Å²) >= 11 is 1.65. The minimum absolute atomic E-state index is 0.192. The molecule has 1 heterocycles. The molecule has 0 bridgehead atoms. The fourth-order valence-electron chi connectivity index (χ4n) is 2.72. The first-order valence-corrected chi connectivity index (χ1v) is 6.69. The molecule has 1 N–H and O–H groups in total. The zero-order valence-corrected chi connectivity index (χ0v) is 10.6. The van der Waals surface area contributed by atoms with Crippen molar-refractivity contribution in [2.45, 2.75) is 39.0 Å². The van der Waals surface area contributed by atoms with Gasteiger partial charge in [-0.2, -0.15) is 11.3 Å². The zero-order valence-electron chi connectivity index (χ0n) is 9.77. The summed E-state index contributed by atoms with van der Waals surface area (Å²) in [5.41, 5.74) is 1.49. The van der Waals surface area contributed by atoms with Crippen LogP contribution in [0.2, 0.25) is 0 Å². The first kappa shape index (κ1) is 11.6. The van der Waals surface area contributed by atoms with Crippen LogP contribution < -0.4 is 0 Å². The van der Waals surface area contributed by atoms with E-state index < -0.39 is 5.97 Å². The maximum atomic E-state index is 11.3. The van der Waals surface area contributed by atoms with Crippen LogP contribution >= 0.6 is 11.3 Å². The average Bonchev–Trinajstić information content (AvgIpc) is 2.68. The molecule has 2 nitrogen and oxygen atoms in total. The Balaban J connectivity index is 2.25. The van der Waals surface area contributed by atoms with E-state index in [0.29, 0.717) is 0 Å². The van der Waals surface area contributed by atoms with E-state index in [-0.39, 0.29) is 17.3 Å². The molecule has 0 saturated heterocycles. The normalized spacial score (nSPS) is 28.9. The molecule has 3 heteroatoms. The zero-order chi connectivity index (χ0) is 11.8. The Morgan fingerprint density at radius 1 is 1.56 bits per heavy atom. The van der Waals surface area contributed by atoms with Crippen molar-refractivity contribution in [1.82, 2.24) is 0 Å². The molecule has 1 aromatic heterocycles. The molecule has 16 heavy (non-hydrogen) atoms. The van der Waals surface area contributed by atoms with E-state index in [9.17, 15) is 9.90 Å². The minimum Gasteiger partial charge on any atom is -0.481 e. The van der Waals surface area contributed by atoms with Crippen LogP contribution in [0.5, 0.6) is 0 Å². The third kappa shape index (κ3) is 2.29. The van der Waals surface area contributed by atoms with Gasteiger partial charge in [-0.25, -0.2) is 0 Å². The van der Waals surface area contributed by atoms with E-state index in [1.54, 1.807) is 11.3 Å². The van der Waals surface area contributed by atoms with Crippen molar-refractivity contribution in [2.24, 2.45) is 11.3 Å². The lowest BCUT2D eigenvalue weighted by molar-refractivity contribution is -0.144. The van der Waals surface area contributed by atoms with Gasteiger partial charge in [0.2, 0.25) is 0 Å². The van der Waals surface area contributed by atoms with Gasteiger partial charge >= 0.3 is 5.97 Å². The SMILES string of the molecule is CC1(C)CCC(C(=O)O)C(c2ccsc2)C1. The highest BCUT2D eigenvalue weighted by atomic mass is 32.1. The van der Waals surface area contributed by atoms with Gasteiger partial charge in [-0.05, 0) is 53.0 Å². The van der Waals surface area contributed by atoms with E-state index >= 15 is 0 Å². The van der Waals surface area contributed by atoms with E-state index in [2.05, 4.69) is 25.3 Å². The standard InChI is InChI=1S/C13H18O2S/c1-13(2)5-3-10(12(14)15)11(7-13)9-4-6-16-8-9/h4,6,8,10-11H,3,5,7H2,1-2H3,(H,14,15). The Morgan fingerprint density at radius 2 is 2.31 bits per heavy atom. The molecule has 2 unspecified atom stereocenters. The van der Waals surface area contributed by atoms with Gasteiger partial charge in [0.05, 0.1) is 5.92 Å². The number of hydrogen-bond donors (Lipinski definition) is 1. The highest BCUT2D eigenvalue weighted by Crippen LogP contribution is 2.47. The second-order valence-corrected chi connectivity index (χ2v) is 6.29. The summed E-state index contributed by atoms with van der Waals surface area (Å²) in [6.07, 6.45) is 2.81. The summed E-state index contributed by atoms with van der Waals surface area (Å²) in [7, 11) is 0. The lowest BCUT2D eigenvalue weighted by Gasteiger charge is -2.38. The number of aliphatic carboxylic acids is 1. The van der Waals surface area contributed by atoms with Crippen LogP contribution in [0, 0.1) is 11.3 Å². The molecule has 2 rings (SSSR count). The molecular formula is C13H18O2S. The molecule has 1 aliphatic carbocycles. The molecule has 0 aliphatic heterocycles. The van der Waals surface area contributed by atoms with Crippen LogP contribution in [0.3, 0.4) is 0 Å². The van der Waals surface area contributed by atoms with Crippen molar-refractivity contribution in [1.29, 1.82) is 0 Å². The molecule has 1 saturated carbocycles. The summed E-state index contributed by atoms with van der Waals surface area (Å²) in [4.78, 5) is 11.3. The number of thiophene rings is 1. The van der Waals surface area contributed by atoms with E-state index in [0.717, 1.165) is 19.3 Å². The molecule has 2 atom stereocenters. The molecule has 0 radical (unpaired) electrons. The van der Waals surface area contributed by atoms with Gasteiger partial charge < -0.3 is 5.11 Å². The quantitative estimate of drug-likeness (QED) is 0.852. The van der Waals surface area contributed by atoms with E-state index in [1.165, 1.54) is 5.56 Å². The predicted octanol–water partition coefficient (Wildman–Crippen LogP) is 3.74. The van der Waals surface area contributed by atoms with Crippen molar-refractivity contribution in [3.05, 3.63) is 22.4 Å². The molecule has 0 aromatic carbocycles. The summed E-state index contributed by atoms with van der Waals surface area (Å²) < 4.78 is 0. The fraction of sp³-hybridized carbons (Fsp3) is 0.615. The fourth-order valence-corrected chi connectivity index (χ4v) is 3.44. The van der Waals surface area contributed by atoms with Gasteiger partial charge in [0.25, 0.3) is 0 Å². The van der Waals surface area contributed by atoms with Crippen molar-refractivity contribution in [3.63, 3.8) is 0 Å². The van der Waals surface area contributed by atoms with Crippen LogP contribution in [-0.2, 0) is 4.79 Å². The van der Waals surface area contributed by atoms with Crippen molar-refractivity contribution >= 4 is 17.3 Å². The Labute approximate surface area is 100 Å². The molecule has 1 aromatic rings. The maximum Gasteiger partial charge on any atom is 0.307 e. The molecule has 0 spiro atoms. The minimum atomic E-state index is -0.633. The first-order chi connectivity index (χ1) is 7.49. The number of hydrogen-bond acceptors (Lipinski definition) is 2. The molecule has 88 valence electrons. The van der Waals surface area contributed by atoms with Crippen LogP contribution in [0.15, 0.2) is 16.8 Å². The summed E-state index contributed by atoms with van der Waals surface area (Å²) in [5.74, 6) is -0.623. The number of carboxylic acids is 1. The van der Waals surface area contributed by atoms with Gasteiger partial charge in [0, 0.05) is 0 Å². The molecule has 1 aliphatic rings. The van der Waals surface area contributed by atoms with Gasteiger partial charge in [-0.15, -0.1) is 0 Å². The van der Waals surface area contributed by atoms with Gasteiger partial charge in [-0.3, -0.25) is 4.79 Å². The van der Waals surface area contributed by atoms with Crippen LogP contribution in [-0.4, -0.2) is 11.1 Å². The van der Waals surface area contributed by atoms with Crippen molar-refractivity contribution in [2.75, 3.05) is 0 Å². The maximum absolute atomic E-state index is 11.3. The number of carbonyl (C=O) groups is 1. The van der Waals surface area contributed by atoms with Crippen LogP contribution in [0.25, 0.3) is 0 Å². The van der Waals surface area contributed by atoms with Gasteiger partial charge in [0.15, 0.2) is 0 Å². The lowest BCUT2D eigenvalue weighted by Crippen LogP contribution is -2.32. The van der Waals surface area contributed by atoms with Crippen LogP contribution in [0.4, 0.5) is 0 Å². The van der Waals surface area contributed by atoms with Crippen molar-refractivity contribution < 1.29 is 9.90 Å². The Morgan fingerprint density at radius 3 is 2.88 bits per heavy atom. The lowest BCUT2D eigenvalue weighted by atomic mass is 9.65. The Hall–Kier alpha value is -0.830. The largest absolute Gasteiger partial charge is 0.481 e. The first-order valence-electron chi connectivity index (χ1n) is 5.74. The summed E-state index contributed by atoms with van der Waals surface area (Å²) in [5, 5.41) is 13.4. The molecular weight excluding hydrogens is 220 g/mol. The number of carboxylic acid groups (broad SMARTS) is 1. The van der Waals surface area contributed by atoms with Gasteiger partial charge in [0.1, 0.15) is 0 Å². The van der Waals surface area contributed by atoms with Gasteiger partial charge in [-0.1, -0.05) is 13.8 Å². The summed E-state index contributed by atoms with van der Waals surface area (Å²) in [6, 6.07) is 2.08. The highest BCUT2D eigenvalue weighted by molar-refractivity contribution is 7.08. The van der Waals surface area contributed by atoms with Crippen LogP contribution in [0.1, 0.15) is 44.6 Å². The third-order valence-electron chi connectivity index (χ3n) is 3.68. The third-order valence-corrected chi connectivity index (χ3v) is 4.38. The second kappa shape index (κ2) is 4.21. The number of rotatable bonds is 2. The topological polar surface area (TPSA) is 37.3 Å². The second-order valence-electron chi connectivity index (χ2n) is 5.51. The predicted molar refractivity (Wildman–Crippen MR) is 65.8 cm³/mol. The average molecular weight is 238 g/mol.